The lowest BCUT2D eigenvalue weighted by atomic mass is 10.1. The second-order valence-electron chi connectivity index (χ2n) is 16.0. The maximum atomic E-state index is 13.4. The van der Waals surface area contributed by atoms with Crippen LogP contribution < -0.4 is 15.5 Å². The predicted octanol–water partition coefficient (Wildman–Crippen LogP) is 11.8. The van der Waals surface area contributed by atoms with Gasteiger partial charge in [0.25, 0.3) is 17.5 Å². The van der Waals surface area contributed by atoms with Crippen molar-refractivity contribution in [2.45, 2.75) is 12.8 Å². The number of anilines is 3. The standard InChI is InChI=1S/C26H18N4O3S.C26H20N4OS/c31-26(16-9-11-18(12-10-16)30(32)33)29-14-13-17-15-23(25-27-20-6-2-3-7-21(20)28-25)34-24(17)19-5-1-4-8-22(19)29;27-18-11-9-16(10-12-18)26(31)30-14-13-17-15-23(25-28-20-6-2-3-7-21(20)29-25)32-24(17)19-5-1-4-8-22(19)30/h1-12,15H,13-14H2,(H,27,28);1-12,15H,13-14,27H2,(H,28,29). The number of nitrogens with one attached hydrogen (secondary N) is 2. The zero-order valence-electron chi connectivity index (χ0n) is 35.1. The number of hydrogen-bond acceptors (Lipinski definition) is 9. The summed E-state index contributed by atoms with van der Waals surface area (Å²) in [5, 5.41) is 11.0. The fraction of sp³-hybridized carbons (Fsp3) is 0.0769. The highest BCUT2D eigenvalue weighted by Crippen LogP contribution is 2.46. The Balaban J connectivity index is 0.000000146. The third-order valence-electron chi connectivity index (χ3n) is 11.9. The molecule has 12 rings (SSSR count). The number of nitrogens with two attached hydrogens (primary N) is 1. The zero-order valence-corrected chi connectivity index (χ0v) is 36.7. The van der Waals surface area contributed by atoms with Crippen LogP contribution in [0.15, 0.2) is 158 Å². The summed E-state index contributed by atoms with van der Waals surface area (Å²) >= 11 is 3.39. The van der Waals surface area contributed by atoms with E-state index in [4.69, 9.17) is 15.7 Å². The number of thiophene rings is 2. The summed E-state index contributed by atoms with van der Waals surface area (Å²) in [6, 6.07) is 49.3. The number of amides is 2. The normalized spacial score (nSPS) is 12.8. The predicted molar refractivity (Wildman–Crippen MR) is 264 cm³/mol. The number of nitrogen functional groups attached to an aromatic ring is 1. The Bertz CT molecular complexity index is 3430. The summed E-state index contributed by atoms with van der Waals surface area (Å²) in [7, 11) is 0. The first-order chi connectivity index (χ1) is 32.3. The van der Waals surface area contributed by atoms with Crippen molar-refractivity contribution in [3.05, 3.63) is 190 Å². The van der Waals surface area contributed by atoms with E-state index in [9.17, 15) is 19.7 Å². The molecule has 66 heavy (non-hydrogen) atoms. The number of nitro groups is 1. The summed E-state index contributed by atoms with van der Waals surface area (Å²) in [4.78, 5) is 61.8. The second-order valence-corrected chi connectivity index (χ2v) is 18.1. The largest absolute Gasteiger partial charge is 0.399 e. The van der Waals surface area contributed by atoms with Crippen LogP contribution in [-0.4, -0.2) is 49.8 Å². The van der Waals surface area contributed by atoms with Crippen molar-refractivity contribution < 1.29 is 14.5 Å². The quantitative estimate of drug-likeness (QED) is 0.0878. The van der Waals surface area contributed by atoms with E-state index < -0.39 is 4.92 Å². The number of hydrogen-bond donors (Lipinski definition) is 3. The Kier molecular flexibility index (Phi) is 10.3. The lowest BCUT2D eigenvalue weighted by molar-refractivity contribution is -0.384. The van der Waals surface area contributed by atoms with Crippen molar-refractivity contribution in [2.24, 2.45) is 0 Å². The van der Waals surface area contributed by atoms with Crippen molar-refractivity contribution in [2.75, 3.05) is 28.6 Å². The van der Waals surface area contributed by atoms with Crippen LogP contribution in [0.2, 0.25) is 0 Å². The molecule has 0 saturated carbocycles. The molecule has 6 heterocycles. The lowest BCUT2D eigenvalue weighted by Crippen LogP contribution is -2.32. The highest BCUT2D eigenvalue weighted by atomic mass is 32.1. The smallest absolute Gasteiger partial charge is 0.269 e. The van der Waals surface area contributed by atoms with Crippen molar-refractivity contribution >= 4 is 79.3 Å². The molecule has 2 aliphatic heterocycles. The Labute approximate surface area is 385 Å². The molecule has 10 aromatic rings. The van der Waals surface area contributed by atoms with E-state index in [-0.39, 0.29) is 17.5 Å². The van der Waals surface area contributed by atoms with Gasteiger partial charge in [-0.2, -0.15) is 0 Å². The third-order valence-corrected chi connectivity index (χ3v) is 14.4. The number of nitrogens with zero attached hydrogens (tertiary/aromatic N) is 5. The van der Waals surface area contributed by atoms with Crippen LogP contribution in [0.5, 0.6) is 0 Å². The minimum Gasteiger partial charge on any atom is -0.399 e. The van der Waals surface area contributed by atoms with Crippen molar-refractivity contribution in [1.82, 2.24) is 19.9 Å². The molecule has 14 heteroatoms. The number of nitro benzene ring substituents is 1. The Morgan fingerprint density at radius 3 is 1.45 bits per heavy atom. The van der Waals surface area contributed by atoms with E-state index in [0.29, 0.717) is 36.3 Å². The Morgan fingerprint density at radius 2 is 1.00 bits per heavy atom. The molecule has 2 amide bonds. The average molecular weight is 903 g/mol. The summed E-state index contributed by atoms with van der Waals surface area (Å²) in [5.41, 5.74) is 17.7. The molecule has 0 saturated heterocycles. The Hall–Kier alpha value is -8.20. The van der Waals surface area contributed by atoms with Crippen LogP contribution in [0.25, 0.3) is 64.4 Å². The molecule has 0 unspecified atom stereocenters. The number of aromatic amines is 2. The molecule has 322 valence electrons. The van der Waals surface area contributed by atoms with Gasteiger partial charge in [0.2, 0.25) is 0 Å². The molecule has 0 fully saturated rings. The fourth-order valence-electron chi connectivity index (χ4n) is 8.65. The average Bonchev–Trinajstić information content (AvgIpc) is 4.15. The first kappa shape index (κ1) is 40.6. The molecule has 2 aliphatic rings. The minimum atomic E-state index is -0.465. The molecule has 0 aliphatic carbocycles. The Morgan fingerprint density at radius 1 is 0.576 bits per heavy atom. The van der Waals surface area contributed by atoms with Gasteiger partial charge in [-0.3, -0.25) is 19.7 Å². The van der Waals surface area contributed by atoms with Crippen LogP contribution in [0.1, 0.15) is 31.8 Å². The zero-order chi connectivity index (χ0) is 44.9. The topological polar surface area (TPSA) is 167 Å². The van der Waals surface area contributed by atoms with Gasteiger partial charge >= 0.3 is 0 Å². The molecule has 4 aromatic heterocycles. The number of para-hydroxylation sites is 6. The molecular weight excluding hydrogens is 865 g/mol. The number of imidazole rings is 2. The number of non-ortho nitro benzene ring substituents is 1. The van der Waals surface area contributed by atoms with E-state index in [0.717, 1.165) is 77.3 Å². The molecule has 12 nitrogen and oxygen atoms in total. The maximum Gasteiger partial charge on any atom is 0.269 e. The number of fused-ring (bicyclic) bond motifs is 8. The molecule has 0 bridgehead atoms. The molecule has 0 spiro atoms. The van der Waals surface area contributed by atoms with E-state index in [2.05, 4.69) is 28.2 Å². The number of carbonyl (C=O) groups excluding carboxylic acids is 2. The van der Waals surface area contributed by atoms with Gasteiger partial charge in [0.05, 0.1) is 48.1 Å². The van der Waals surface area contributed by atoms with Gasteiger partial charge in [-0.1, -0.05) is 60.7 Å². The molecule has 6 aromatic carbocycles. The number of rotatable bonds is 5. The van der Waals surface area contributed by atoms with Gasteiger partial charge in [-0.05, 0) is 109 Å². The van der Waals surface area contributed by atoms with E-state index in [1.807, 2.05) is 95.9 Å². The van der Waals surface area contributed by atoms with Gasteiger partial charge < -0.3 is 25.5 Å². The highest BCUT2D eigenvalue weighted by Gasteiger charge is 2.29. The fourth-order valence-corrected chi connectivity index (χ4v) is 11.0. The number of carbonyl (C=O) groups is 2. The van der Waals surface area contributed by atoms with Crippen molar-refractivity contribution in [3.63, 3.8) is 0 Å². The maximum absolute atomic E-state index is 13.4. The first-order valence-corrected chi connectivity index (χ1v) is 23.0. The van der Waals surface area contributed by atoms with Crippen molar-refractivity contribution in [3.8, 4) is 42.3 Å². The summed E-state index contributed by atoms with van der Waals surface area (Å²) in [6.45, 7) is 1.12. The SMILES string of the molecule is Nc1ccc(C(=O)N2CCc3cc(-c4nc5ccccc5[nH]4)sc3-c3ccccc32)cc1.O=C(c1ccc([N+](=O)[O-])cc1)N1CCc2cc(-c3nc4ccccc4[nH]3)sc2-c2ccccc21. The second kappa shape index (κ2) is 16.7. The lowest BCUT2D eigenvalue weighted by Gasteiger charge is -2.23. The molecule has 0 radical (unpaired) electrons. The summed E-state index contributed by atoms with van der Waals surface area (Å²) in [6.07, 6.45) is 1.47. The van der Waals surface area contributed by atoms with Gasteiger partial charge in [0.15, 0.2) is 0 Å². The monoisotopic (exact) mass is 902 g/mol. The third kappa shape index (κ3) is 7.47. The summed E-state index contributed by atoms with van der Waals surface area (Å²) in [5.74, 6) is 1.55. The first-order valence-electron chi connectivity index (χ1n) is 21.3. The van der Waals surface area contributed by atoms with Gasteiger partial charge in [0, 0.05) is 62.9 Å². The van der Waals surface area contributed by atoms with Crippen LogP contribution >= 0.6 is 22.7 Å². The molecular formula is C52H38N8O4S2. The van der Waals surface area contributed by atoms with Crippen LogP contribution in [0.3, 0.4) is 0 Å². The van der Waals surface area contributed by atoms with Gasteiger partial charge in [-0.25, -0.2) is 9.97 Å². The minimum absolute atomic E-state index is 0.00916. The van der Waals surface area contributed by atoms with Crippen LogP contribution in [0, 0.1) is 10.1 Å². The van der Waals surface area contributed by atoms with Crippen LogP contribution in [-0.2, 0) is 12.8 Å². The summed E-state index contributed by atoms with van der Waals surface area (Å²) < 4.78 is 0. The van der Waals surface area contributed by atoms with Gasteiger partial charge in [0.1, 0.15) is 11.6 Å². The number of benzene rings is 6. The number of aromatic nitrogens is 4. The molecule has 0 atom stereocenters. The molecule has 4 N–H and O–H groups in total. The number of H-pyrrole nitrogens is 2. The van der Waals surface area contributed by atoms with E-state index in [1.54, 1.807) is 51.8 Å². The van der Waals surface area contributed by atoms with E-state index in [1.165, 1.54) is 40.3 Å². The highest BCUT2D eigenvalue weighted by molar-refractivity contribution is 7.19. The van der Waals surface area contributed by atoms with Gasteiger partial charge in [-0.15, -0.1) is 22.7 Å². The van der Waals surface area contributed by atoms with Crippen LogP contribution in [0.4, 0.5) is 22.7 Å². The van der Waals surface area contributed by atoms with Crippen molar-refractivity contribution in [1.29, 1.82) is 0 Å². The van der Waals surface area contributed by atoms with E-state index >= 15 is 0 Å².